The number of carbonyl (C=O) groups is 1. The van der Waals surface area contributed by atoms with Crippen molar-refractivity contribution in [3.05, 3.63) is 27.7 Å². The summed E-state index contributed by atoms with van der Waals surface area (Å²) in [6.07, 6.45) is 2.65. The monoisotopic (exact) mass is 344 g/mol. The predicted molar refractivity (Wildman–Crippen MR) is 75.4 cm³/mol. The van der Waals surface area contributed by atoms with Crippen molar-refractivity contribution in [3.8, 4) is 5.75 Å². The van der Waals surface area contributed by atoms with Crippen LogP contribution in [0.25, 0.3) is 0 Å². The van der Waals surface area contributed by atoms with Crippen LogP contribution in [0.1, 0.15) is 19.3 Å². The summed E-state index contributed by atoms with van der Waals surface area (Å²) in [5.41, 5.74) is -0.0317. The van der Waals surface area contributed by atoms with Crippen LogP contribution in [0.5, 0.6) is 5.75 Å². The van der Waals surface area contributed by atoms with Crippen molar-refractivity contribution in [2.45, 2.75) is 19.3 Å². The van der Waals surface area contributed by atoms with Gasteiger partial charge < -0.3 is 9.47 Å². The highest BCUT2D eigenvalue weighted by Crippen LogP contribution is 2.73. The Morgan fingerprint density at radius 1 is 1.37 bits per heavy atom. The maximum absolute atomic E-state index is 11.6. The number of esters is 1. The van der Waals surface area contributed by atoms with Gasteiger partial charge >= 0.3 is 5.97 Å². The molecule has 1 aromatic rings. The summed E-state index contributed by atoms with van der Waals surface area (Å²) < 4.78 is 11.5. The van der Waals surface area contributed by atoms with E-state index in [4.69, 9.17) is 21.1 Å². The lowest BCUT2D eigenvalue weighted by Gasteiger charge is -2.68. The minimum atomic E-state index is -0.201. The molecule has 0 heterocycles. The third-order valence-electron chi connectivity index (χ3n) is 4.14. The van der Waals surface area contributed by atoms with Crippen molar-refractivity contribution in [2.75, 3.05) is 13.7 Å². The van der Waals surface area contributed by atoms with Gasteiger partial charge in [-0.3, -0.25) is 4.79 Å². The molecule has 2 bridgehead atoms. The SMILES string of the molecule is COC(=O)C12CC(COc3cc(Cl)cc(Br)c3)(C1)C2. The van der Waals surface area contributed by atoms with E-state index in [1.807, 2.05) is 12.1 Å². The average molecular weight is 346 g/mol. The fourth-order valence-electron chi connectivity index (χ4n) is 3.43. The van der Waals surface area contributed by atoms with Crippen molar-refractivity contribution in [3.63, 3.8) is 0 Å². The summed E-state index contributed by atoms with van der Waals surface area (Å²) in [6.45, 7) is 0.637. The van der Waals surface area contributed by atoms with Crippen molar-refractivity contribution in [1.29, 1.82) is 0 Å². The van der Waals surface area contributed by atoms with Crippen LogP contribution in [0.15, 0.2) is 22.7 Å². The van der Waals surface area contributed by atoms with Gasteiger partial charge in [0, 0.05) is 14.9 Å². The van der Waals surface area contributed by atoms with E-state index >= 15 is 0 Å². The third-order valence-corrected chi connectivity index (χ3v) is 4.82. The third kappa shape index (κ3) is 2.15. The highest BCUT2D eigenvalue weighted by atomic mass is 79.9. The zero-order valence-corrected chi connectivity index (χ0v) is 12.9. The lowest BCUT2D eigenvalue weighted by Crippen LogP contribution is -2.67. The second-order valence-corrected chi connectivity index (χ2v) is 7.05. The molecule has 3 nitrogen and oxygen atoms in total. The van der Waals surface area contributed by atoms with Crippen LogP contribution >= 0.6 is 27.5 Å². The summed E-state index contributed by atoms with van der Waals surface area (Å²) >= 11 is 9.35. The highest BCUT2D eigenvalue weighted by molar-refractivity contribution is 9.10. The van der Waals surface area contributed by atoms with E-state index < -0.39 is 0 Å². The molecule has 3 aliphatic carbocycles. The summed E-state index contributed by atoms with van der Waals surface area (Å²) in [7, 11) is 1.45. The molecule has 102 valence electrons. The van der Waals surface area contributed by atoms with Crippen LogP contribution in [0, 0.1) is 10.8 Å². The van der Waals surface area contributed by atoms with Gasteiger partial charge in [-0.2, -0.15) is 0 Å². The normalized spacial score (nSPS) is 31.1. The van der Waals surface area contributed by atoms with Crippen molar-refractivity contribution >= 4 is 33.5 Å². The highest BCUT2D eigenvalue weighted by Gasteiger charge is 2.72. The second kappa shape index (κ2) is 4.38. The molecule has 0 aliphatic heterocycles. The molecule has 3 aliphatic rings. The topological polar surface area (TPSA) is 35.5 Å². The Morgan fingerprint density at radius 3 is 2.63 bits per heavy atom. The van der Waals surface area contributed by atoms with Crippen LogP contribution in [0.4, 0.5) is 0 Å². The van der Waals surface area contributed by atoms with Crippen LogP contribution in [0.2, 0.25) is 5.02 Å². The van der Waals surface area contributed by atoms with E-state index in [0.29, 0.717) is 11.6 Å². The minimum absolute atomic E-state index is 0.0696. The standard InChI is InChI=1S/C14H14BrClO3/c1-18-12(17)14-5-13(6-14,7-14)8-19-11-3-9(15)2-10(16)4-11/h2-4H,5-8H2,1H3. The lowest BCUT2D eigenvalue weighted by atomic mass is 9.35. The molecule has 0 aromatic heterocycles. The van der Waals surface area contributed by atoms with Crippen molar-refractivity contribution in [2.24, 2.45) is 10.8 Å². The van der Waals surface area contributed by atoms with Gasteiger partial charge in [-0.05, 0) is 37.5 Å². The number of benzene rings is 1. The molecule has 0 spiro atoms. The molecule has 0 saturated heterocycles. The van der Waals surface area contributed by atoms with Gasteiger partial charge in [-0.25, -0.2) is 0 Å². The van der Waals surface area contributed by atoms with Crippen LogP contribution in [0.3, 0.4) is 0 Å². The first-order valence-electron chi connectivity index (χ1n) is 6.14. The van der Waals surface area contributed by atoms with E-state index in [9.17, 15) is 4.79 Å². The van der Waals surface area contributed by atoms with Gasteiger partial charge in [0.15, 0.2) is 0 Å². The quantitative estimate of drug-likeness (QED) is 0.778. The number of methoxy groups -OCH3 is 1. The van der Waals surface area contributed by atoms with Gasteiger partial charge in [-0.1, -0.05) is 27.5 Å². The number of hydrogen-bond donors (Lipinski definition) is 0. The molecule has 5 heteroatoms. The van der Waals surface area contributed by atoms with Crippen LogP contribution in [-0.2, 0) is 9.53 Å². The molecule has 4 rings (SSSR count). The molecule has 0 N–H and O–H groups in total. The average Bonchev–Trinajstić information content (AvgIpc) is 2.23. The van der Waals surface area contributed by atoms with Gasteiger partial charge in [0.1, 0.15) is 5.75 Å². The molecule has 19 heavy (non-hydrogen) atoms. The van der Waals surface area contributed by atoms with E-state index in [-0.39, 0.29) is 16.8 Å². The van der Waals surface area contributed by atoms with E-state index in [2.05, 4.69) is 15.9 Å². The fourth-order valence-corrected chi connectivity index (χ4v) is 4.26. The minimum Gasteiger partial charge on any atom is -0.493 e. The number of rotatable bonds is 4. The van der Waals surface area contributed by atoms with E-state index in [1.54, 1.807) is 6.07 Å². The van der Waals surface area contributed by atoms with Crippen LogP contribution < -0.4 is 4.74 Å². The largest absolute Gasteiger partial charge is 0.493 e. The zero-order valence-electron chi connectivity index (χ0n) is 10.5. The Balaban J connectivity index is 1.57. The van der Waals surface area contributed by atoms with Crippen LogP contribution in [-0.4, -0.2) is 19.7 Å². The summed E-state index contributed by atoms with van der Waals surface area (Å²) in [4.78, 5) is 11.6. The van der Waals surface area contributed by atoms with Gasteiger partial charge in [0.25, 0.3) is 0 Å². The Kier molecular flexibility index (Phi) is 3.06. The maximum Gasteiger partial charge on any atom is 0.311 e. The van der Waals surface area contributed by atoms with Crippen molar-refractivity contribution < 1.29 is 14.3 Å². The molecule has 0 atom stereocenters. The summed E-state index contributed by atoms with van der Waals surface area (Å²) in [6, 6.07) is 5.52. The smallest absolute Gasteiger partial charge is 0.311 e. The summed E-state index contributed by atoms with van der Waals surface area (Å²) in [5.74, 6) is 0.691. The van der Waals surface area contributed by atoms with E-state index in [0.717, 1.165) is 29.5 Å². The first-order chi connectivity index (χ1) is 8.97. The first-order valence-corrected chi connectivity index (χ1v) is 7.32. The Labute approximate surface area is 125 Å². The number of carbonyl (C=O) groups excluding carboxylic acids is 1. The molecule has 3 saturated carbocycles. The van der Waals surface area contributed by atoms with Gasteiger partial charge in [0.2, 0.25) is 0 Å². The Hall–Kier alpha value is -0.740. The molecular formula is C14H14BrClO3. The Bertz CT molecular complexity index is 503. The first kappa shape index (κ1) is 13.3. The summed E-state index contributed by atoms with van der Waals surface area (Å²) in [5, 5.41) is 0.646. The number of halogens is 2. The van der Waals surface area contributed by atoms with Gasteiger partial charge in [0.05, 0.1) is 19.1 Å². The van der Waals surface area contributed by atoms with Gasteiger partial charge in [-0.15, -0.1) is 0 Å². The molecule has 0 amide bonds. The molecule has 3 fully saturated rings. The number of hydrogen-bond acceptors (Lipinski definition) is 3. The fraction of sp³-hybridized carbons (Fsp3) is 0.500. The number of ether oxygens (including phenoxy) is 2. The molecular weight excluding hydrogens is 332 g/mol. The predicted octanol–water partition coefficient (Wildman–Crippen LogP) is 3.82. The molecule has 0 radical (unpaired) electrons. The second-order valence-electron chi connectivity index (χ2n) is 5.70. The van der Waals surface area contributed by atoms with Crippen molar-refractivity contribution in [1.82, 2.24) is 0 Å². The Morgan fingerprint density at radius 2 is 2.05 bits per heavy atom. The lowest BCUT2D eigenvalue weighted by molar-refractivity contribution is -0.233. The molecule has 1 aromatic carbocycles. The zero-order chi connectivity index (χ0) is 13.7. The van der Waals surface area contributed by atoms with E-state index in [1.165, 1.54) is 7.11 Å². The molecule has 0 unspecified atom stereocenters. The maximum atomic E-state index is 11.6.